The highest BCUT2D eigenvalue weighted by molar-refractivity contribution is 8.18. The van der Waals surface area contributed by atoms with Gasteiger partial charge in [0.25, 0.3) is 16.8 Å². The zero-order chi connectivity index (χ0) is 25.1. The summed E-state index contributed by atoms with van der Waals surface area (Å²) < 4.78 is 28.5. The third kappa shape index (κ3) is 5.27. The SMILES string of the molecule is O=C(CN1C(=O)SC(=Cc2cccn2Cc2ccccc2[N+](=O)[O-])C1=O)Nc1ccc(F)cc1F. The molecule has 9 nitrogen and oxygen atoms in total. The molecule has 0 radical (unpaired) electrons. The van der Waals surface area contributed by atoms with E-state index in [1.165, 1.54) is 12.1 Å². The molecule has 0 spiro atoms. The van der Waals surface area contributed by atoms with E-state index in [0.29, 0.717) is 34.0 Å². The monoisotopic (exact) mass is 498 g/mol. The Morgan fingerprint density at radius 1 is 1.11 bits per heavy atom. The summed E-state index contributed by atoms with van der Waals surface area (Å²) in [5.41, 5.74) is 0.649. The van der Waals surface area contributed by atoms with Crippen molar-refractivity contribution in [3.63, 3.8) is 0 Å². The quantitative estimate of drug-likeness (QED) is 0.293. The maximum Gasteiger partial charge on any atom is 0.294 e. The van der Waals surface area contributed by atoms with Crippen LogP contribution in [-0.2, 0) is 16.1 Å². The molecule has 35 heavy (non-hydrogen) atoms. The molecule has 1 fully saturated rings. The van der Waals surface area contributed by atoms with Crippen LogP contribution < -0.4 is 5.32 Å². The van der Waals surface area contributed by atoms with Gasteiger partial charge in [-0.2, -0.15) is 0 Å². The fourth-order valence-electron chi connectivity index (χ4n) is 3.40. The van der Waals surface area contributed by atoms with Crippen LogP contribution in [0.25, 0.3) is 6.08 Å². The molecule has 4 rings (SSSR count). The lowest BCUT2D eigenvalue weighted by molar-refractivity contribution is -0.385. The molecule has 3 amide bonds. The van der Waals surface area contributed by atoms with Crippen LogP contribution in [0.2, 0.25) is 0 Å². The topological polar surface area (TPSA) is 115 Å². The summed E-state index contributed by atoms with van der Waals surface area (Å²) in [5, 5.41) is 12.8. The average molecular weight is 498 g/mol. The van der Waals surface area contributed by atoms with Gasteiger partial charge in [0.05, 0.1) is 22.1 Å². The van der Waals surface area contributed by atoms with Crippen LogP contribution in [0.5, 0.6) is 0 Å². The van der Waals surface area contributed by atoms with Gasteiger partial charge in [-0.15, -0.1) is 0 Å². The number of amides is 3. The number of nitro groups is 1. The summed E-state index contributed by atoms with van der Waals surface area (Å²) in [6.45, 7) is -0.499. The zero-order valence-electron chi connectivity index (χ0n) is 17.8. The number of rotatable bonds is 7. The molecule has 1 N–H and O–H groups in total. The minimum atomic E-state index is -0.994. The number of carbonyl (C=O) groups is 3. The number of carbonyl (C=O) groups excluding carboxylic acids is 3. The highest BCUT2D eigenvalue weighted by Crippen LogP contribution is 2.32. The summed E-state index contributed by atoms with van der Waals surface area (Å²) in [6.07, 6.45) is 3.13. The van der Waals surface area contributed by atoms with E-state index in [0.717, 1.165) is 12.1 Å². The Morgan fingerprint density at radius 3 is 2.63 bits per heavy atom. The van der Waals surface area contributed by atoms with Crippen molar-refractivity contribution in [1.29, 1.82) is 0 Å². The first kappa shape index (κ1) is 23.8. The van der Waals surface area contributed by atoms with E-state index >= 15 is 0 Å². The Bertz CT molecular complexity index is 1390. The average Bonchev–Trinajstić information content (AvgIpc) is 3.35. The Hall–Kier alpha value is -4.32. The Kier molecular flexibility index (Phi) is 6.73. The number of halogens is 2. The molecule has 2 aromatic carbocycles. The van der Waals surface area contributed by atoms with Crippen LogP contribution in [0, 0.1) is 21.7 Å². The van der Waals surface area contributed by atoms with Crippen molar-refractivity contribution in [2.45, 2.75) is 6.54 Å². The molecule has 2 heterocycles. The lowest BCUT2D eigenvalue weighted by Crippen LogP contribution is -2.36. The van der Waals surface area contributed by atoms with Gasteiger partial charge in [-0.05, 0) is 42.1 Å². The number of imide groups is 1. The molecule has 178 valence electrons. The molecule has 0 aliphatic carbocycles. The van der Waals surface area contributed by atoms with Crippen molar-refractivity contribution < 1.29 is 28.1 Å². The molecule has 1 aromatic heterocycles. The predicted octanol–water partition coefficient (Wildman–Crippen LogP) is 4.40. The molecule has 0 unspecified atom stereocenters. The summed E-state index contributed by atoms with van der Waals surface area (Å²) in [6, 6.07) is 12.2. The minimum absolute atomic E-state index is 0.0453. The van der Waals surface area contributed by atoms with Gasteiger partial charge >= 0.3 is 0 Å². The smallest absolute Gasteiger partial charge is 0.294 e. The van der Waals surface area contributed by atoms with Gasteiger partial charge in [-0.25, -0.2) is 8.78 Å². The molecule has 12 heteroatoms. The van der Waals surface area contributed by atoms with Crippen LogP contribution in [0.15, 0.2) is 65.7 Å². The Balaban J connectivity index is 1.48. The predicted molar refractivity (Wildman–Crippen MR) is 124 cm³/mol. The molecule has 1 aliphatic heterocycles. The summed E-state index contributed by atoms with van der Waals surface area (Å²) in [7, 11) is 0. The van der Waals surface area contributed by atoms with Gasteiger partial charge in [0.2, 0.25) is 5.91 Å². The number of nitrogens with zero attached hydrogens (tertiary/aromatic N) is 3. The molecule has 1 saturated heterocycles. The summed E-state index contributed by atoms with van der Waals surface area (Å²) in [5.74, 6) is -3.36. The van der Waals surface area contributed by atoms with E-state index < -0.39 is 40.2 Å². The maximum atomic E-state index is 13.8. The van der Waals surface area contributed by atoms with E-state index in [1.54, 1.807) is 41.1 Å². The zero-order valence-corrected chi connectivity index (χ0v) is 18.6. The van der Waals surface area contributed by atoms with E-state index in [9.17, 15) is 33.3 Å². The van der Waals surface area contributed by atoms with Crippen molar-refractivity contribution in [3.05, 3.63) is 98.7 Å². The second-order valence-corrected chi connectivity index (χ2v) is 8.38. The van der Waals surface area contributed by atoms with Gasteiger partial charge in [-0.1, -0.05) is 18.2 Å². The Morgan fingerprint density at radius 2 is 1.89 bits per heavy atom. The first-order valence-corrected chi connectivity index (χ1v) is 10.9. The van der Waals surface area contributed by atoms with Crippen LogP contribution in [0.4, 0.5) is 25.0 Å². The number of benzene rings is 2. The normalized spacial score (nSPS) is 14.6. The Labute approximate surface area is 201 Å². The highest BCUT2D eigenvalue weighted by atomic mass is 32.2. The van der Waals surface area contributed by atoms with Crippen LogP contribution in [0.3, 0.4) is 0 Å². The van der Waals surface area contributed by atoms with E-state index in [1.807, 2.05) is 0 Å². The molecule has 0 saturated carbocycles. The number of thioether (sulfide) groups is 1. The van der Waals surface area contributed by atoms with Crippen molar-refractivity contribution in [2.24, 2.45) is 0 Å². The number of hydrogen-bond acceptors (Lipinski definition) is 6. The molecule has 1 aliphatic rings. The molecule has 0 atom stereocenters. The van der Waals surface area contributed by atoms with Crippen LogP contribution >= 0.6 is 11.8 Å². The number of nitrogens with one attached hydrogen (secondary N) is 1. The number of anilines is 1. The number of para-hydroxylation sites is 1. The first-order valence-electron chi connectivity index (χ1n) is 10.1. The van der Waals surface area contributed by atoms with Gasteiger partial charge < -0.3 is 9.88 Å². The number of hydrogen-bond donors (Lipinski definition) is 1. The van der Waals surface area contributed by atoms with Crippen molar-refractivity contribution in [1.82, 2.24) is 9.47 Å². The molecule has 0 bridgehead atoms. The number of nitro benzene ring substituents is 1. The van der Waals surface area contributed by atoms with Crippen LogP contribution in [-0.4, -0.2) is 38.0 Å². The maximum absolute atomic E-state index is 13.8. The van der Waals surface area contributed by atoms with Crippen molar-refractivity contribution in [3.8, 4) is 0 Å². The van der Waals surface area contributed by atoms with Gasteiger partial charge in [0.15, 0.2) is 0 Å². The second-order valence-electron chi connectivity index (χ2n) is 7.39. The fourth-order valence-corrected chi connectivity index (χ4v) is 4.23. The first-order chi connectivity index (χ1) is 16.7. The second kappa shape index (κ2) is 9.89. The fraction of sp³-hybridized carbons (Fsp3) is 0.0870. The summed E-state index contributed by atoms with van der Waals surface area (Å²) >= 11 is 0.630. The number of aromatic nitrogens is 1. The third-order valence-electron chi connectivity index (χ3n) is 5.05. The van der Waals surface area contributed by atoms with Crippen molar-refractivity contribution >= 4 is 46.3 Å². The van der Waals surface area contributed by atoms with Crippen molar-refractivity contribution in [2.75, 3.05) is 11.9 Å². The third-order valence-corrected chi connectivity index (χ3v) is 5.96. The minimum Gasteiger partial charge on any atom is -0.343 e. The molecule has 3 aromatic rings. The lowest BCUT2D eigenvalue weighted by atomic mass is 10.2. The lowest BCUT2D eigenvalue weighted by Gasteiger charge is -2.13. The molecular formula is C23H16F2N4O5S. The van der Waals surface area contributed by atoms with Gasteiger partial charge in [0.1, 0.15) is 18.2 Å². The largest absolute Gasteiger partial charge is 0.343 e. The van der Waals surface area contributed by atoms with E-state index in [4.69, 9.17) is 0 Å². The van der Waals surface area contributed by atoms with Crippen LogP contribution in [0.1, 0.15) is 11.3 Å². The highest BCUT2D eigenvalue weighted by Gasteiger charge is 2.36. The molecular weight excluding hydrogens is 482 g/mol. The van der Waals surface area contributed by atoms with E-state index in [-0.39, 0.29) is 22.8 Å². The van der Waals surface area contributed by atoms with E-state index in [2.05, 4.69) is 5.32 Å². The van der Waals surface area contributed by atoms with Gasteiger partial charge in [-0.3, -0.25) is 29.4 Å². The van der Waals surface area contributed by atoms with Gasteiger partial charge in [0, 0.05) is 29.6 Å². The summed E-state index contributed by atoms with van der Waals surface area (Å²) in [4.78, 5) is 49.0. The standard InChI is InChI=1S/C23H16F2N4O5S/c24-15-7-8-18(17(25)10-15)26-21(30)13-28-22(31)20(35-23(28)32)11-16-5-3-9-27(16)12-14-4-1-2-6-19(14)29(33)34/h1-11H,12-13H2,(H,26,30).